The van der Waals surface area contributed by atoms with Gasteiger partial charge in [-0.15, -0.1) is 0 Å². The van der Waals surface area contributed by atoms with E-state index in [1.54, 1.807) is 0 Å². The number of carbonyl (C=O) groups is 2. The van der Waals surface area contributed by atoms with E-state index in [1.165, 1.54) is 31.0 Å². The Bertz CT molecular complexity index is 930. The number of carboxylic acids is 1. The van der Waals surface area contributed by atoms with Crippen LogP contribution in [-0.4, -0.2) is 63.2 Å². The van der Waals surface area contributed by atoms with Gasteiger partial charge in [0, 0.05) is 6.54 Å². The topological polar surface area (TPSA) is 130 Å². The van der Waals surface area contributed by atoms with Crippen LogP contribution in [0.5, 0.6) is 5.75 Å². The Morgan fingerprint density at radius 2 is 1.74 bits per heavy atom. The average Bonchev–Trinajstić information content (AvgIpc) is 3.21. The Morgan fingerprint density at radius 3 is 2.42 bits per heavy atom. The molecule has 0 aromatic heterocycles. The maximum absolute atomic E-state index is 12.5. The van der Waals surface area contributed by atoms with Crippen molar-refractivity contribution in [3.63, 3.8) is 0 Å². The lowest BCUT2D eigenvalue weighted by atomic mass is 9.75. The molecule has 31 heavy (non-hydrogen) atoms. The number of carboxylic acid groups (broad SMARTS) is 1. The minimum Gasteiger partial charge on any atom is -0.507 e. The van der Waals surface area contributed by atoms with Crippen molar-refractivity contribution in [3.05, 3.63) is 64.7 Å². The summed E-state index contributed by atoms with van der Waals surface area (Å²) >= 11 is 0. The van der Waals surface area contributed by atoms with Crippen LogP contribution in [0.1, 0.15) is 39.9 Å². The molecule has 0 aliphatic carbocycles. The molecule has 5 N–H and O–H groups in total. The molecule has 0 unspecified atom stereocenters. The highest BCUT2D eigenvalue weighted by Gasteiger charge is 2.27. The zero-order valence-corrected chi connectivity index (χ0v) is 17.2. The van der Waals surface area contributed by atoms with Gasteiger partial charge in [-0.3, -0.25) is 9.69 Å². The molecule has 0 radical (unpaired) electrons. The monoisotopic (exact) mass is 426 g/mol. The minimum absolute atomic E-state index is 0.0677. The van der Waals surface area contributed by atoms with Crippen LogP contribution in [0.25, 0.3) is 0 Å². The summed E-state index contributed by atoms with van der Waals surface area (Å²) in [6.07, 6.45) is 2.35. The van der Waals surface area contributed by atoms with Crippen molar-refractivity contribution in [1.29, 1.82) is 0 Å². The Kier molecular flexibility index (Phi) is 7.67. The zero-order chi connectivity index (χ0) is 22.4. The lowest BCUT2D eigenvalue weighted by Crippen LogP contribution is -2.48. The van der Waals surface area contributed by atoms with Gasteiger partial charge in [-0.05, 0) is 55.1 Å². The highest BCUT2D eigenvalue weighted by Crippen LogP contribution is 2.24. The number of aromatic carboxylic acids is 1. The van der Waals surface area contributed by atoms with Gasteiger partial charge in [0.05, 0.1) is 12.4 Å². The van der Waals surface area contributed by atoms with Crippen LogP contribution in [0, 0.1) is 0 Å². The van der Waals surface area contributed by atoms with E-state index in [0.29, 0.717) is 0 Å². The number of carbonyl (C=O) groups excluding carboxylic acids is 1. The predicted molar refractivity (Wildman–Crippen MR) is 116 cm³/mol. The lowest BCUT2D eigenvalue weighted by Gasteiger charge is -2.19. The summed E-state index contributed by atoms with van der Waals surface area (Å²) in [5.74, 6) is -3.25. The third-order valence-electron chi connectivity index (χ3n) is 5.46. The van der Waals surface area contributed by atoms with Crippen LogP contribution in [0.4, 0.5) is 0 Å². The summed E-state index contributed by atoms with van der Waals surface area (Å²) < 4.78 is 0. The number of hydrogen-bond acceptors (Lipinski definition) is 6. The second kappa shape index (κ2) is 10.4. The van der Waals surface area contributed by atoms with E-state index in [4.69, 9.17) is 5.11 Å². The highest BCUT2D eigenvalue weighted by molar-refractivity contribution is 6.43. The first-order valence-corrected chi connectivity index (χ1v) is 10.3. The van der Waals surface area contributed by atoms with Gasteiger partial charge >= 0.3 is 13.1 Å². The van der Waals surface area contributed by atoms with Crippen molar-refractivity contribution in [2.45, 2.75) is 38.2 Å². The number of nitrogens with one attached hydrogen (secondary N) is 1. The van der Waals surface area contributed by atoms with E-state index in [1.807, 2.05) is 24.3 Å². The third kappa shape index (κ3) is 6.30. The maximum atomic E-state index is 12.5. The Morgan fingerprint density at radius 1 is 1.06 bits per heavy atom. The van der Waals surface area contributed by atoms with E-state index < -0.39 is 30.7 Å². The van der Waals surface area contributed by atoms with Crippen LogP contribution in [0.15, 0.2) is 42.5 Å². The second-order valence-corrected chi connectivity index (χ2v) is 7.89. The van der Waals surface area contributed by atoms with Gasteiger partial charge in [-0.25, -0.2) is 4.79 Å². The molecular formula is C22H27BN2O6. The maximum Gasteiger partial charge on any atom is 0.475 e. The minimum atomic E-state index is -1.88. The molecule has 2 aromatic carbocycles. The van der Waals surface area contributed by atoms with Gasteiger partial charge in [0.2, 0.25) is 5.91 Å². The largest absolute Gasteiger partial charge is 0.507 e. The molecule has 0 spiro atoms. The molecule has 164 valence electrons. The summed E-state index contributed by atoms with van der Waals surface area (Å²) in [6, 6.07) is 11.9. The van der Waals surface area contributed by atoms with Crippen LogP contribution < -0.4 is 5.32 Å². The van der Waals surface area contributed by atoms with Crippen molar-refractivity contribution in [2.24, 2.45) is 0 Å². The quantitative estimate of drug-likeness (QED) is 0.378. The van der Waals surface area contributed by atoms with Gasteiger partial charge in [-0.2, -0.15) is 0 Å². The molecule has 1 amide bonds. The van der Waals surface area contributed by atoms with Crippen molar-refractivity contribution >= 4 is 19.0 Å². The molecule has 3 rings (SSSR count). The fourth-order valence-corrected chi connectivity index (χ4v) is 3.88. The van der Waals surface area contributed by atoms with Gasteiger partial charge < -0.3 is 25.6 Å². The fraction of sp³-hybridized carbons (Fsp3) is 0.364. The van der Waals surface area contributed by atoms with E-state index in [0.717, 1.165) is 30.8 Å². The van der Waals surface area contributed by atoms with Crippen LogP contribution in [0.2, 0.25) is 0 Å². The summed E-state index contributed by atoms with van der Waals surface area (Å²) in [6.45, 7) is 3.00. The highest BCUT2D eigenvalue weighted by atomic mass is 16.4. The fourth-order valence-electron chi connectivity index (χ4n) is 3.88. The van der Waals surface area contributed by atoms with Crippen LogP contribution in [0.3, 0.4) is 0 Å². The van der Waals surface area contributed by atoms with Gasteiger partial charge in [-0.1, -0.05) is 36.4 Å². The zero-order valence-electron chi connectivity index (χ0n) is 17.2. The van der Waals surface area contributed by atoms with Crippen molar-refractivity contribution in [3.8, 4) is 5.75 Å². The van der Waals surface area contributed by atoms with E-state index >= 15 is 0 Å². The molecular weight excluding hydrogens is 399 g/mol. The molecule has 8 nitrogen and oxygen atoms in total. The molecule has 2 aromatic rings. The molecule has 0 bridgehead atoms. The summed E-state index contributed by atoms with van der Waals surface area (Å²) in [5, 5.41) is 41.2. The Hall–Kier alpha value is -2.88. The standard InChI is InChI=1S/C22H27BN2O6/c26-20(12-15-5-3-6-16(11-15)14-25-9-1-2-10-25)24-19(23(30)31)13-17-7-4-8-18(21(17)27)22(28)29/h3-8,11,19,27,30-31H,1-2,9-10,12-14H2,(H,24,26)(H,28,29)/t19-/m0/s1. The first-order valence-electron chi connectivity index (χ1n) is 10.3. The van der Waals surface area contributed by atoms with E-state index in [2.05, 4.69) is 10.2 Å². The molecule has 1 aliphatic heterocycles. The molecule has 1 heterocycles. The summed E-state index contributed by atoms with van der Waals surface area (Å²) in [4.78, 5) is 26.1. The van der Waals surface area contributed by atoms with Gasteiger partial charge in [0.1, 0.15) is 11.3 Å². The van der Waals surface area contributed by atoms with E-state index in [-0.39, 0.29) is 24.0 Å². The van der Waals surface area contributed by atoms with Crippen molar-refractivity contribution < 1.29 is 29.9 Å². The Labute approximate surface area is 181 Å². The summed E-state index contributed by atoms with van der Waals surface area (Å²) in [7, 11) is -1.88. The lowest BCUT2D eigenvalue weighted by molar-refractivity contribution is -0.120. The molecule has 1 aliphatic rings. The van der Waals surface area contributed by atoms with Crippen molar-refractivity contribution in [2.75, 3.05) is 13.1 Å². The molecule has 1 fully saturated rings. The normalized spacial score (nSPS) is 14.9. The smallest absolute Gasteiger partial charge is 0.475 e. The van der Waals surface area contributed by atoms with E-state index in [9.17, 15) is 24.7 Å². The number of aromatic hydroxyl groups is 1. The van der Waals surface area contributed by atoms with Crippen molar-refractivity contribution in [1.82, 2.24) is 10.2 Å². The number of likely N-dealkylation sites (tertiary alicyclic amines) is 1. The number of nitrogens with zero attached hydrogens (tertiary/aromatic N) is 1. The number of amides is 1. The second-order valence-electron chi connectivity index (χ2n) is 7.89. The molecule has 1 saturated heterocycles. The van der Waals surface area contributed by atoms with Gasteiger partial charge in [0.15, 0.2) is 0 Å². The Balaban J connectivity index is 1.63. The summed E-state index contributed by atoms with van der Waals surface area (Å²) in [5.41, 5.74) is 1.85. The molecule has 1 atom stereocenters. The van der Waals surface area contributed by atoms with Gasteiger partial charge in [0.25, 0.3) is 0 Å². The van der Waals surface area contributed by atoms with Crippen LogP contribution in [-0.2, 0) is 24.2 Å². The number of para-hydroxylation sites is 1. The SMILES string of the molecule is O=C(Cc1cccc(CN2CCCC2)c1)N[C@@H](Cc1cccc(C(=O)O)c1O)B(O)O. The number of phenols is 1. The number of rotatable bonds is 9. The third-order valence-corrected chi connectivity index (χ3v) is 5.46. The average molecular weight is 426 g/mol. The number of benzene rings is 2. The first-order chi connectivity index (χ1) is 14.8. The predicted octanol–water partition coefficient (Wildman–Crippen LogP) is 0.968. The number of hydrogen-bond donors (Lipinski definition) is 5. The first kappa shape index (κ1) is 22.8. The molecule has 9 heteroatoms. The van der Waals surface area contributed by atoms with Crippen LogP contribution >= 0.6 is 0 Å². The molecule has 0 saturated carbocycles.